The second-order valence-corrected chi connectivity index (χ2v) is 3.98. The molecule has 1 aromatic heterocycles. The first-order valence-corrected chi connectivity index (χ1v) is 5.58. The van der Waals surface area contributed by atoms with Crippen molar-refractivity contribution in [3.05, 3.63) is 40.8 Å². The minimum absolute atomic E-state index is 0.470. The molecule has 0 aliphatic heterocycles. The van der Waals surface area contributed by atoms with Crippen LogP contribution in [0.5, 0.6) is 5.75 Å². The van der Waals surface area contributed by atoms with Crippen molar-refractivity contribution in [2.24, 2.45) is 0 Å². The van der Waals surface area contributed by atoms with E-state index in [9.17, 15) is 4.79 Å². The van der Waals surface area contributed by atoms with Crippen LogP contribution in [0, 0.1) is 0 Å². The maximum atomic E-state index is 10.2. The molecule has 2 rings (SSSR count). The standard InChI is InChI=1S/C11H10N2O2S/c14-8-13-9-1-3-10(4-2-9)15-7-11-12-5-6-16-11/h1-6,8H,7H2,(H,13,14). The first-order chi connectivity index (χ1) is 7.88. The molecule has 0 aliphatic carbocycles. The molecule has 0 spiro atoms. The predicted molar refractivity (Wildman–Crippen MR) is 62.6 cm³/mol. The Balaban J connectivity index is 1.92. The number of ether oxygens (including phenoxy) is 1. The molecule has 1 N–H and O–H groups in total. The number of hydrogen-bond acceptors (Lipinski definition) is 4. The minimum Gasteiger partial charge on any atom is -0.486 e. The number of thiazole rings is 1. The van der Waals surface area contributed by atoms with Crippen molar-refractivity contribution < 1.29 is 9.53 Å². The summed E-state index contributed by atoms with van der Waals surface area (Å²) in [5.74, 6) is 0.756. The van der Waals surface area contributed by atoms with E-state index in [1.807, 2.05) is 5.38 Å². The van der Waals surface area contributed by atoms with Gasteiger partial charge in [0.2, 0.25) is 6.41 Å². The van der Waals surface area contributed by atoms with Crippen LogP contribution in [0.3, 0.4) is 0 Å². The van der Waals surface area contributed by atoms with Crippen molar-refractivity contribution in [1.29, 1.82) is 0 Å². The molecule has 5 heteroatoms. The van der Waals surface area contributed by atoms with E-state index in [1.54, 1.807) is 41.8 Å². The van der Waals surface area contributed by atoms with Crippen molar-refractivity contribution in [1.82, 2.24) is 4.98 Å². The molecule has 4 nitrogen and oxygen atoms in total. The van der Waals surface area contributed by atoms with Gasteiger partial charge in [0.25, 0.3) is 0 Å². The Morgan fingerprint density at radius 2 is 2.19 bits per heavy atom. The summed E-state index contributed by atoms with van der Waals surface area (Å²) in [4.78, 5) is 14.3. The lowest BCUT2D eigenvalue weighted by Gasteiger charge is -2.04. The van der Waals surface area contributed by atoms with Crippen LogP contribution in [0.4, 0.5) is 5.69 Å². The number of anilines is 1. The highest BCUT2D eigenvalue weighted by atomic mass is 32.1. The second-order valence-electron chi connectivity index (χ2n) is 3.00. The Labute approximate surface area is 96.9 Å². The number of nitrogens with one attached hydrogen (secondary N) is 1. The molecule has 0 aliphatic rings. The highest BCUT2D eigenvalue weighted by Gasteiger charge is 1.98. The van der Waals surface area contributed by atoms with E-state index >= 15 is 0 Å². The van der Waals surface area contributed by atoms with Gasteiger partial charge in [-0.3, -0.25) is 4.79 Å². The summed E-state index contributed by atoms with van der Waals surface area (Å²) in [6.07, 6.45) is 2.39. The second kappa shape index (κ2) is 5.27. The molecule has 0 saturated carbocycles. The highest BCUT2D eigenvalue weighted by molar-refractivity contribution is 7.09. The molecule has 0 saturated heterocycles. The molecule has 2 aromatic rings. The van der Waals surface area contributed by atoms with Gasteiger partial charge < -0.3 is 10.1 Å². The molecular formula is C11H10N2O2S. The lowest BCUT2D eigenvalue weighted by molar-refractivity contribution is -0.105. The molecule has 0 radical (unpaired) electrons. The van der Waals surface area contributed by atoms with Gasteiger partial charge >= 0.3 is 0 Å². The van der Waals surface area contributed by atoms with Crippen molar-refractivity contribution in [2.45, 2.75) is 6.61 Å². The zero-order chi connectivity index (χ0) is 11.2. The van der Waals surface area contributed by atoms with Crippen molar-refractivity contribution in [3.63, 3.8) is 0 Å². The smallest absolute Gasteiger partial charge is 0.211 e. The van der Waals surface area contributed by atoms with E-state index in [2.05, 4.69) is 10.3 Å². The Bertz CT molecular complexity index is 440. The molecule has 1 aromatic carbocycles. The van der Waals surface area contributed by atoms with Gasteiger partial charge in [-0.15, -0.1) is 11.3 Å². The first kappa shape index (κ1) is 10.6. The Kier molecular flexibility index (Phi) is 3.50. The third-order valence-electron chi connectivity index (χ3n) is 1.93. The fourth-order valence-electron chi connectivity index (χ4n) is 1.18. The quantitative estimate of drug-likeness (QED) is 0.807. The number of benzene rings is 1. The molecule has 1 amide bonds. The molecule has 0 bridgehead atoms. The van der Waals surface area contributed by atoms with E-state index < -0.39 is 0 Å². The third-order valence-corrected chi connectivity index (χ3v) is 2.68. The van der Waals surface area contributed by atoms with Crippen LogP contribution < -0.4 is 10.1 Å². The molecule has 1 heterocycles. The van der Waals surface area contributed by atoms with Crippen LogP contribution in [0.15, 0.2) is 35.8 Å². The minimum atomic E-state index is 0.470. The fraction of sp³-hybridized carbons (Fsp3) is 0.0909. The Morgan fingerprint density at radius 1 is 1.38 bits per heavy atom. The summed E-state index contributed by atoms with van der Waals surface area (Å²) < 4.78 is 5.52. The Morgan fingerprint density at radius 3 is 2.81 bits per heavy atom. The average molecular weight is 234 g/mol. The number of aromatic nitrogens is 1. The Hall–Kier alpha value is -1.88. The summed E-state index contributed by atoms with van der Waals surface area (Å²) >= 11 is 1.56. The number of nitrogens with zero attached hydrogens (tertiary/aromatic N) is 1. The van der Waals surface area contributed by atoms with Crippen LogP contribution in [-0.2, 0) is 11.4 Å². The summed E-state index contributed by atoms with van der Waals surface area (Å²) in [5, 5.41) is 5.41. The van der Waals surface area contributed by atoms with Gasteiger partial charge in [0.15, 0.2) is 0 Å². The van der Waals surface area contributed by atoms with Crippen molar-refractivity contribution >= 4 is 23.4 Å². The van der Waals surface area contributed by atoms with Crippen molar-refractivity contribution in [2.75, 3.05) is 5.32 Å². The first-order valence-electron chi connectivity index (χ1n) is 4.70. The zero-order valence-corrected chi connectivity index (χ0v) is 9.24. The SMILES string of the molecule is O=CNc1ccc(OCc2nccs2)cc1. The summed E-state index contributed by atoms with van der Waals surface area (Å²) in [6, 6.07) is 7.18. The van der Waals surface area contributed by atoms with E-state index in [-0.39, 0.29) is 0 Å². The van der Waals surface area contributed by atoms with Gasteiger partial charge in [0.1, 0.15) is 17.4 Å². The van der Waals surface area contributed by atoms with Crippen molar-refractivity contribution in [3.8, 4) is 5.75 Å². The van der Waals surface area contributed by atoms with Crippen LogP contribution in [0.25, 0.3) is 0 Å². The largest absolute Gasteiger partial charge is 0.486 e. The normalized spacial score (nSPS) is 9.75. The van der Waals surface area contributed by atoms with Gasteiger partial charge in [-0.1, -0.05) is 0 Å². The number of hydrogen-bond donors (Lipinski definition) is 1. The molecule has 16 heavy (non-hydrogen) atoms. The lowest BCUT2D eigenvalue weighted by Crippen LogP contribution is -1.96. The fourth-order valence-corrected chi connectivity index (χ4v) is 1.71. The van der Waals surface area contributed by atoms with E-state index in [4.69, 9.17) is 4.74 Å². The van der Waals surface area contributed by atoms with E-state index in [0.29, 0.717) is 13.0 Å². The number of rotatable bonds is 5. The number of carbonyl (C=O) groups excluding carboxylic acids is 1. The third kappa shape index (κ3) is 2.80. The molecular weight excluding hydrogens is 224 g/mol. The van der Waals surface area contributed by atoms with Gasteiger partial charge in [0, 0.05) is 17.3 Å². The van der Waals surface area contributed by atoms with Crippen LogP contribution in [0.1, 0.15) is 5.01 Å². The van der Waals surface area contributed by atoms with Crippen LogP contribution >= 0.6 is 11.3 Å². The topological polar surface area (TPSA) is 51.2 Å². The monoisotopic (exact) mass is 234 g/mol. The zero-order valence-electron chi connectivity index (χ0n) is 8.42. The van der Waals surface area contributed by atoms with Gasteiger partial charge in [-0.05, 0) is 24.3 Å². The average Bonchev–Trinajstić information content (AvgIpc) is 2.82. The van der Waals surface area contributed by atoms with E-state index in [1.165, 1.54) is 0 Å². The maximum Gasteiger partial charge on any atom is 0.211 e. The molecule has 0 atom stereocenters. The van der Waals surface area contributed by atoms with Gasteiger partial charge in [-0.25, -0.2) is 4.98 Å². The lowest BCUT2D eigenvalue weighted by atomic mass is 10.3. The predicted octanol–water partition coefficient (Wildman–Crippen LogP) is 2.29. The van der Waals surface area contributed by atoms with Crippen LogP contribution in [0.2, 0.25) is 0 Å². The van der Waals surface area contributed by atoms with Gasteiger partial charge in [-0.2, -0.15) is 0 Å². The van der Waals surface area contributed by atoms with Gasteiger partial charge in [0.05, 0.1) is 0 Å². The number of carbonyl (C=O) groups is 1. The molecule has 0 unspecified atom stereocenters. The highest BCUT2D eigenvalue weighted by Crippen LogP contribution is 2.17. The van der Waals surface area contributed by atoms with E-state index in [0.717, 1.165) is 16.4 Å². The summed E-state index contributed by atoms with van der Waals surface area (Å²) in [7, 11) is 0. The summed E-state index contributed by atoms with van der Waals surface area (Å²) in [6.45, 7) is 0.470. The molecule has 82 valence electrons. The number of amides is 1. The van der Waals surface area contributed by atoms with Crippen LogP contribution in [-0.4, -0.2) is 11.4 Å². The maximum absolute atomic E-state index is 10.2. The molecule has 0 fully saturated rings. The summed E-state index contributed by atoms with van der Waals surface area (Å²) in [5.41, 5.74) is 0.747.